The van der Waals surface area contributed by atoms with Gasteiger partial charge < -0.3 is 10.2 Å². The zero-order chi connectivity index (χ0) is 21.4. The molecule has 158 valence electrons. The van der Waals surface area contributed by atoms with Crippen LogP contribution in [0, 0.1) is 11.7 Å². The third-order valence-electron chi connectivity index (χ3n) is 4.70. The van der Waals surface area contributed by atoms with Gasteiger partial charge in [0.05, 0.1) is 6.20 Å². The van der Waals surface area contributed by atoms with E-state index in [1.54, 1.807) is 20.0 Å². The number of nitrogens with one attached hydrogen (secondary N) is 1. The SMILES string of the molecule is CCN=C(C)N(C)C(=O)CCC1=CCC(CNC(=O)c2ccc(F)cn2)C=C1F.[HH]. The van der Waals surface area contributed by atoms with Crippen molar-refractivity contribution in [2.75, 3.05) is 20.1 Å². The molecule has 1 aliphatic carbocycles. The van der Waals surface area contributed by atoms with Crippen LogP contribution in [-0.4, -0.2) is 47.7 Å². The second-order valence-electron chi connectivity index (χ2n) is 6.79. The lowest BCUT2D eigenvalue weighted by atomic mass is 9.93. The largest absolute Gasteiger partial charge is 0.350 e. The van der Waals surface area contributed by atoms with E-state index in [0.717, 1.165) is 12.3 Å². The first-order chi connectivity index (χ1) is 13.8. The van der Waals surface area contributed by atoms with Gasteiger partial charge in [0.15, 0.2) is 0 Å². The van der Waals surface area contributed by atoms with E-state index in [-0.39, 0.29) is 37.7 Å². The Kier molecular flexibility index (Phi) is 8.18. The monoisotopic (exact) mass is 406 g/mol. The van der Waals surface area contributed by atoms with Crippen LogP contribution in [0.2, 0.25) is 0 Å². The molecule has 1 N–H and O–H groups in total. The van der Waals surface area contributed by atoms with Crippen molar-refractivity contribution in [2.24, 2.45) is 10.9 Å². The van der Waals surface area contributed by atoms with Gasteiger partial charge in [0.25, 0.3) is 5.91 Å². The molecule has 1 unspecified atom stereocenters. The number of amidine groups is 1. The average molecular weight is 406 g/mol. The van der Waals surface area contributed by atoms with Gasteiger partial charge in [-0.05, 0) is 50.5 Å². The topological polar surface area (TPSA) is 74.7 Å². The summed E-state index contributed by atoms with van der Waals surface area (Å²) in [6, 6.07) is 2.45. The first kappa shape index (κ1) is 22.4. The maximum Gasteiger partial charge on any atom is 0.269 e. The van der Waals surface area contributed by atoms with Gasteiger partial charge in [0, 0.05) is 33.9 Å². The summed E-state index contributed by atoms with van der Waals surface area (Å²) in [6.45, 7) is 4.50. The van der Waals surface area contributed by atoms with Crippen LogP contribution in [0.25, 0.3) is 0 Å². The lowest BCUT2D eigenvalue weighted by Crippen LogP contribution is -2.31. The van der Waals surface area contributed by atoms with Gasteiger partial charge in [0.1, 0.15) is 23.2 Å². The van der Waals surface area contributed by atoms with Crippen LogP contribution >= 0.6 is 0 Å². The van der Waals surface area contributed by atoms with Gasteiger partial charge in [-0.2, -0.15) is 0 Å². The molecule has 0 saturated carbocycles. The second-order valence-corrected chi connectivity index (χ2v) is 6.79. The molecule has 8 heteroatoms. The fourth-order valence-electron chi connectivity index (χ4n) is 2.89. The Morgan fingerprint density at radius 3 is 2.76 bits per heavy atom. The smallest absolute Gasteiger partial charge is 0.269 e. The Labute approximate surface area is 170 Å². The predicted octanol–water partition coefficient (Wildman–Crippen LogP) is 3.67. The number of carbonyl (C=O) groups is 2. The molecule has 6 nitrogen and oxygen atoms in total. The highest BCUT2D eigenvalue weighted by atomic mass is 19.1. The van der Waals surface area contributed by atoms with E-state index in [1.807, 2.05) is 6.92 Å². The first-order valence-electron chi connectivity index (χ1n) is 9.55. The third kappa shape index (κ3) is 6.58. The molecule has 2 rings (SSSR count). The second kappa shape index (κ2) is 10.6. The molecule has 2 amide bonds. The Morgan fingerprint density at radius 2 is 2.14 bits per heavy atom. The molecule has 0 bridgehead atoms. The number of amides is 2. The Hall–Kier alpha value is -2.90. The summed E-state index contributed by atoms with van der Waals surface area (Å²) in [5.41, 5.74) is 0.604. The highest BCUT2D eigenvalue weighted by molar-refractivity contribution is 5.96. The van der Waals surface area contributed by atoms with Gasteiger partial charge in [-0.1, -0.05) is 6.08 Å². The molecule has 1 atom stereocenters. The molecule has 0 aromatic carbocycles. The molecule has 0 radical (unpaired) electrons. The normalized spacial score (nSPS) is 16.7. The van der Waals surface area contributed by atoms with E-state index in [2.05, 4.69) is 15.3 Å². The Morgan fingerprint density at radius 1 is 1.38 bits per heavy atom. The minimum Gasteiger partial charge on any atom is -0.350 e. The number of hydrogen-bond acceptors (Lipinski definition) is 4. The van der Waals surface area contributed by atoms with Crippen molar-refractivity contribution < 1.29 is 19.8 Å². The lowest BCUT2D eigenvalue weighted by Gasteiger charge is -2.20. The fraction of sp³-hybridized carbons (Fsp3) is 0.429. The molecule has 29 heavy (non-hydrogen) atoms. The quantitative estimate of drug-likeness (QED) is 0.555. The number of aliphatic imine (C=N–C) groups is 1. The van der Waals surface area contributed by atoms with E-state index in [1.165, 1.54) is 17.0 Å². The van der Waals surface area contributed by atoms with Gasteiger partial charge >= 0.3 is 0 Å². The van der Waals surface area contributed by atoms with E-state index in [4.69, 9.17) is 0 Å². The maximum absolute atomic E-state index is 14.4. The van der Waals surface area contributed by atoms with Gasteiger partial charge in [-0.25, -0.2) is 13.8 Å². The van der Waals surface area contributed by atoms with Crippen LogP contribution in [0.15, 0.2) is 46.9 Å². The molecule has 0 saturated heterocycles. The van der Waals surface area contributed by atoms with Crippen molar-refractivity contribution in [3.05, 3.63) is 53.4 Å². The highest BCUT2D eigenvalue weighted by Gasteiger charge is 2.19. The fourth-order valence-corrected chi connectivity index (χ4v) is 2.89. The van der Waals surface area contributed by atoms with Gasteiger partial charge in [-0.15, -0.1) is 0 Å². The molecule has 1 heterocycles. The van der Waals surface area contributed by atoms with E-state index >= 15 is 0 Å². The van der Waals surface area contributed by atoms with Crippen molar-refractivity contribution in [3.63, 3.8) is 0 Å². The average Bonchev–Trinajstić information content (AvgIpc) is 2.71. The molecule has 0 spiro atoms. The zero-order valence-corrected chi connectivity index (χ0v) is 16.9. The summed E-state index contributed by atoms with van der Waals surface area (Å²) >= 11 is 0. The number of pyridine rings is 1. The zero-order valence-electron chi connectivity index (χ0n) is 16.9. The molecule has 1 aliphatic rings. The third-order valence-corrected chi connectivity index (χ3v) is 4.70. The van der Waals surface area contributed by atoms with E-state index in [0.29, 0.717) is 30.8 Å². The van der Waals surface area contributed by atoms with Crippen LogP contribution in [0.3, 0.4) is 0 Å². The van der Waals surface area contributed by atoms with Crippen LogP contribution in [0.1, 0.15) is 45.0 Å². The summed E-state index contributed by atoms with van der Waals surface area (Å²) in [5.74, 6) is -1.00. The number of allylic oxidation sites excluding steroid dienone is 3. The number of halogens is 2. The summed E-state index contributed by atoms with van der Waals surface area (Å²) in [4.78, 5) is 33.6. The predicted molar refractivity (Wildman–Crippen MR) is 110 cm³/mol. The molecule has 0 fully saturated rings. The van der Waals surface area contributed by atoms with Crippen LogP contribution < -0.4 is 5.32 Å². The van der Waals surface area contributed by atoms with Gasteiger partial charge in [-0.3, -0.25) is 14.6 Å². The number of aromatic nitrogens is 1. The maximum atomic E-state index is 14.4. The molecule has 1 aromatic rings. The summed E-state index contributed by atoms with van der Waals surface area (Å²) in [6.07, 6.45) is 5.26. The molecule has 1 aromatic heterocycles. The minimum atomic E-state index is -0.519. The van der Waals surface area contributed by atoms with Crippen LogP contribution in [0.5, 0.6) is 0 Å². The minimum absolute atomic E-state index is 0. The Balaban J connectivity index is 0.00000450. The summed E-state index contributed by atoms with van der Waals surface area (Å²) < 4.78 is 27.3. The van der Waals surface area contributed by atoms with E-state index in [9.17, 15) is 18.4 Å². The lowest BCUT2D eigenvalue weighted by molar-refractivity contribution is -0.126. The number of rotatable bonds is 7. The van der Waals surface area contributed by atoms with Crippen molar-refractivity contribution in [3.8, 4) is 0 Å². The van der Waals surface area contributed by atoms with Crippen molar-refractivity contribution in [2.45, 2.75) is 33.1 Å². The van der Waals surface area contributed by atoms with E-state index < -0.39 is 11.7 Å². The first-order valence-corrected chi connectivity index (χ1v) is 9.55. The number of carbonyl (C=O) groups excluding carboxylic acids is 2. The number of hydrogen-bond donors (Lipinski definition) is 1. The molecule has 0 aliphatic heterocycles. The molecular formula is C21H28F2N4O2. The van der Waals surface area contributed by atoms with Crippen molar-refractivity contribution in [1.29, 1.82) is 0 Å². The van der Waals surface area contributed by atoms with Crippen LogP contribution in [0.4, 0.5) is 8.78 Å². The van der Waals surface area contributed by atoms with Crippen molar-refractivity contribution in [1.82, 2.24) is 15.2 Å². The Bertz CT molecular complexity index is 838. The van der Waals surface area contributed by atoms with Crippen LogP contribution in [-0.2, 0) is 4.79 Å². The van der Waals surface area contributed by atoms with Gasteiger partial charge in [0.2, 0.25) is 5.91 Å². The summed E-state index contributed by atoms with van der Waals surface area (Å²) in [5, 5.41) is 2.67. The highest BCUT2D eigenvalue weighted by Crippen LogP contribution is 2.27. The summed E-state index contributed by atoms with van der Waals surface area (Å²) in [7, 11) is 1.66. The van der Waals surface area contributed by atoms with Crippen molar-refractivity contribution >= 4 is 17.6 Å². The standard InChI is InChI=1S/C21H26F2N4O2.H2/c1-4-24-14(2)27(3)20(28)10-7-16-6-5-15(11-18(16)23)12-26-21(29)19-9-8-17(22)13-25-19;/h6,8-9,11,13,15H,4-5,7,10,12H2,1-3H3,(H,26,29);1H. The number of nitrogens with zero attached hydrogens (tertiary/aromatic N) is 3. The molecular weight excluding hydrogens is 378 g/mol.